The average Bonchev–Trinajstić information content (AvgIpc) is 3.76. The molecule has 0 saturated heterocycles. The van der Waals surface area contributed by atoms with Crippen molar-refractivity contribution in [2.75, 3.05) is 32.1 Å². The Balaban J connectivity index is 1.58. The van der Waals surface area contributed by atoms with Gasteiger partial charge in [-0.1, -0.05) is 45.4 Å². The standard InChI is InChI=1S/C33H58N4O6S/c1-24(26-13-9-6-10-14-26)31(40)34-37(20-30(39)21-38)32(41)27(22-44(42,43)33(2,3)4)17-29-19-35(23-36(29)28-15-16-28)18-25-11-7-5-8-12-25/h19,24-28,30,38-39H,5-18,20-23H2,1-4H3,(H,34,40)/t24?,27-,30-/m1/s1. The number of carbonyl (C=O) groups is 2. The molecule has 1 unspecified atom stereocenters. The Bertz CT molecular complexity index is 1110. The Morgan fingerprint density at radius 3 is 2.20 bits per heavy atom. The molecule has 3 saturated carbocycles. The minimum Gasteiger partial charge on any atom is -0.394 e. The molecule has 3 N–H and O–H groups in total. The number of rotatable bonds is 13. The van der Waals surface area contributed by atoms with E-state index in [1.807, 2.05) is 6.92 Å². The summed E-state index contributed by atoms with van der Waals surface area (Å²) < 4.78 is 26.0. The molecule has 3 atom stereocenters. The third kappa shape index (κ3) is 9.34. The van der Waals surface area contributed by atoms with E-state index in [0.29, 0.717) is 12.0 Å². The molecule has 11 heteroatoms. The van der Waals surface area contributed by atoms with E-state index < -0.39 is 39.1 Å². The van der Waals surface area contributed by atoms with E-state index in [0.717, 1.165) is 68.9 Å². The van der Waals surface area contributed by atoms with Crippen molar-refractivity contribution in [1.82, 2.24) is 20.2 Å². The number of allylic oxidation sites excluding steroid dienone is 1. The molecule has 0 radical (unpaired) electrons. The van der Waals surface area contributed by atoms with Crippen LogP contribution in [0.4, 0.5) is 0 Å². The highest BCUT2D eigenvalue weighted by Gasteiger charge is 2.41. The minimum atomic E-state index is -3.70. The summed E-state index contributed by atoms with van der Waals surface area (Å²) in [4.78, 5) is 32.4. The van der Waals surface area contributed by atoms with Gasteiger partial charge in [0.05, 0.1) is 42.3 Å². The van der Waals surface area contributed by atoms with Gasteiger partial charge in [-0.25, -0.2) is 8.42 Å². The Morgan fingerprint density at radius 2 is 1.64 bits per heavy atom. The minimum absolute atomic E-state index is 0.214. The summed E-state index contributed by atoms with van der Waals surface area (Å²) in [5, 5.41) is 21.1. The number of carbonyl (C=O) groups excluding carboxylic acids is 2. The Morgan fingerprint density at radius 1 is 1.02 bits per heavy atom. The molecule has 0 spiro atoms. The molecule has 10 nitrogen and oxygen atoms in total. The molecular formula is C33H58N4O6S. The number of aliphatic hydroxyl groups excluding tert-OH is 2. The molecule has 252 valence electrons. The molecule has 0 bridgehead atoms. The van der Waals surface area contributed by atoms with Crippen LogP contribution in [0.3, 0.4) is 0 Å². The smallest absolute Gasteiger partial charge is 0.245 e. The Labute approximate surface area is 265 Å². The fourth-order valence-corrected chi connectivity index (χ4v) is 8.37. The molecule has 4 aliphatic rings. The molecule has 44 heavy (non-hydrogen) atoms. The number of amides is 2. The predicted octanol–water partition coefficient (Wildman–Crippen LogP) is 3.79. The van der Waals surface area contributed by atoms with E-state index in [1.165, 1.54) is 32.1 Å². The highest BCUT2D eigenvalue weighted by Crippen LogP contribution is 2.37. The predicted molar refractivity (Wildman–Crippen MR) is 171 cm³/mol. The maximum atomic E-state index is 14.3. The quantitative estimate of drug-likeness (QED) is 0.260. The highest BCUT2D eigenvalue weighted by atomic mass is 32.2. The average molecular weight is 639 g/mol. The normalized spacial score (nSPS) is 22.8. The molecule has 0 aromatic heterocycles. The van der Waals surface area contributed by atoms with Gasteiger partial charge in [-0.05, 0) is 71.1 Å². The summed E-state index contributed by atoms with van der Waals surface area (Å²) in [6, 6.07) is 0.399. The lowest BCUT2D eigenvalue weighted by Crippen LogP contribution is -2.55. The van der Waals surface area contributed by atoms with Gasteiger partial charge in [0, 0.05) is 36.8 Å². The maximum absolute atomic E-state index is 14.3. The van der Waals surface area contributed by atoms with Gasteiger partial charge in [0.25, 0.3) is 0 Å². The largest absolute Gasteiger partial charge is 0.394 e. The van der Waals surface area contributed by atoms with Crippen LogP contribution < -0.4 is 5.43 Å². The number of hydrazine groups is 1. The number of sulfone groups is 1. The third-order valence-corrected chi connectivity index (χ3v) is 13.0. The van der Waals surface area contributed by atoms with Crippen molar-refractivity contribution in [3.05, 3.63) is 11.9 Å². The van der Waals surface area contributed by atoms with Crippen molar-refractivity contribution in [3.8, 4) is 0 Å². The second-order valence-electron chi connectivity index (χ2n) is 15.0. The second kappa shape index (κ2) is 15.2. The lowest BCUT2D eigenvalue weighted by Gasteiger charge is -2.34. The maximum Gasteiger partial charge on any atom is 0.245 e. The van der Waals surface area contributed by atoms with Crippen LogP contribution in [0.2, 0.25) is 0 Å². The summed E-state index contributed by atoms with van der Waals surface area (Å²) in [6.45, 7) is 7.62. The fraction of sp³-hybridized carbons (Fsp3) is 0.879. The van der Waals surface area contributed by atoms with Gasteiger partial charge in [0.2, 0.25) is 11.8 Å². The number of nitrogens with one attached hydrogen (secondary N) is 1. The van der Waals surface area contributed by atoms with E-state index in [1.54, 1.807) is 20.8 Å². The topological polar surface area (TPSA) is 130 Å². The third-order valence-electron chi connectivity index (χ3n) is 10.3. The molecule has 0 aromatic rings. The van der Waals surface area contributed by atoms with Gasteiger partial charge in [-0.3, -0.25) is 20.0 Å². The monoisotopic (exact) mass is 638 g/mol. The van der Waals surface area contributed by atoms with Crippen LogP contribution in [0.1, 0.15) is 111 Å². The van der Waals surface area contributed by atoms with Crippen molar-refractivity contribution >= 4 is 21.7 Å². The molecule has 1 aliphatic heterocycles. The second-order valence-corrected chi connectivity index (χ2v) is 17.8. The van der Waals surface area contributed by atoms with E-state index in [-0.39, 0.29) is 36.5 Å². The zero-order valence-electron chi connectivity index (χ0n) is 27.5. The van der Waals surface area contributed by atoms with Crippen LogP contribution in [0.5, 0.6) is 0 Å². The van der Waals surface area contributed by atoms with Gasteiger partial charge < -0.3 is 20.0 Å². The SMILES string of the molecule is CC(C(=O)NN(C[C@@H](O)CO)C(=O)[C@H](CC1=CN(CC2CCCCC2)CN1C1CC1)CS(=O)(=O)C(C)(C)C)C1CCCCC1. The first-order valence-corrected chi connectivity index (χ1v) is 18.8. The van der Waals surface area contributed by atoms with E-state index in [2.05, 4.69) is 21.4 Å². The number of nitrogens with zero attached hydrogens (tertiary/aromatic N) is 3. The fourth-order valence-electron chi connectivity index (χ4n) is 7.08. The van der Waals surface area contributed by atoms with Gasteiger partial charge in [-0.15, -0.1) is 0 Å². The van der Waals surface area contributed by atoms with Crippen LogP contribution in [0.15, 0.2) is 11.9 Å². The lowest BCUT2D eigenvalue weighted by molar-refractivity contribution is -0.148. The molecule has 0 aromatic carbocycles. The first-order chi connectivity index (χ1) is 20.8. The zero-order chi connectivity index (χ0) is 32.1. The first kappa shape index (κ1) is 35.0. The Hall–Kier alpha value is -1.85. The van der Waals surface area contributed by atoms with Crippen LogP contribution in [-0.2, 0) is 19.4 Å². The summed E-state index contributed by atoms with van der Waals surface area (Å²) in [5.74, 6) is -1.65. The van der Waals surface area contributed by atoms with Gasteiger partial charge >= 0.3 is 0 Å². The zero-order valence-corrected chi connectivity index (χ0v) is 28.4. The van der Waals surface area contributed by atoms with E-state index in [9.17, 15) is 28.2 Å². The van der Waals surface area contributed by atoms with Gasteiger partial charge in [0.15, 0.2) is 9.84 Å². The number of aliphatic hydroxyl groups is 2. The van der Waals surface area contributed by atoms with Crippen molar-refractivity contribution in [2.45, 2.75) is 128 Å². The molecule has 3 fully saturated rings. The van der Waals surface area contributed by atoms with Crippen molar-refractivity contribution in [1.29, 1.82) is 0 Å². The van der Waals surface area contributed by atoms with Crippen LogP contribution in [0, 0.1) is 23.7 Å². The molecule has 4 rings (SSSR count). The molecule has 1 heterocycles. The van der Waals surface area contributed by atoms with Crippen LogP contribution in [0.25, 0.3) is 0 Å². The van der Waals surface area contributed by atoms with Crippen molar-refractivity contribution in [2.24, 2.45) is 23.7 Å². The lowest BCUT2D eigenvalue weighted by atomic mass is 9.80. The number of hydrogen-bond donors (Lipinski definition) is 3. The van der Waals surface area contributed by atoms with Gasteiger partial charge in [-0.2, -0.15) is 0 Å². The molecule has 3 aliphatic carbocycles. The van der Waals surface area contributed by atoms with E-state index in [4.69, 9.17) is 0 Å². The van der Waals surface area contributed by atoms with Crippen LogP contribution >= 0.6 is 0 Å². The molecular weight excluding hydrogens is 580 g/mol. The van der Waals surface area contributed by atoms with Crippen LogP contribution in [-0.4, -0.2) is 94.3 Å². The summed E-state index contributed by atoms with van der Waals surface area (Å²) >= 11 is 0. The first-order valence-electron chi connectivity index (χ1n) is 17.1. The summed E-state index contributed by atoms with van der Waals surface area (Å²) in [7, 11) is -3.70. The number of hydrogen-bond acceptors (Lipinski definition) is 8. The van der Waals surface area contributed by atoms with Crippen molar-refractivity contribution in [3.63, 3.8) is 0 Å². The van der Waals surface area contributed by atoms with Crippen molar-refractivity contribution < 1.29 is 28.2 Å². The summed E-state index contributed by atoms with van der Waals surface area (Å²) in [6.07, 6.45) is 14.8. The Kier molecular flexibility index (Phi) is 12.1. The summed E-state index contributed by atoms with van der Waals surface area (Å²) in [5.41, 5.74) is 3.72. The van der Waals surface area contributed by atoms with Gasteiger partial charge in [0.1, 0.15) is 0 Å². The van der Waals surface area contributed by atoms with E-state index >= 15 is 0 Å². The highest BCUT2D eigenvalue weighted by molar-refractivity contribution is 7.92. The molecule has 2 amide bonds.